The second-order valence-corrected chi connectivity index (χ2v) is 4.72. The van der Waals surface area contributed by atoms with E-state index in [1.54, 1.807) is 11.3 Å². The summed E-state index contributed by atoms with van der Waals surface area (Å²) in [5.41, 5.74) is 8.93. The first-order valence-corrected chi connectivity index (χ1v) is 6.45. The van der Waals surface area contributed by atoms with Gasteiger partial charge in [0.2, 0.25) is 5.88 Å². The Kier molecular flexibility index (Phi) is 4.22. The minimum Gasteiger partial charge on any atom is -0.477 e. The Morgan fingerprint density at radius 1 is 1.44 bits per heavy atom. The number of aryl methyl sites for hydroxylation is 1. The molecule has 96 valence electrons. The summed E-state index contributed by atoms with van der Waals surface area (Å²) in [5.74, 6) is 0.00201. The van der Waals surface area contributed by atoms with Crippen LogP contribution in [0.4, 0.5) is 4.39 Å². The van der Waals surface area contributed by atoms with Gasteiger partial charge in [-0.25, -0.2) is 14.4 Å². The van der Waals surface area contributed by atoms with E-state index in [9.17, 15) is 4.39 Å². The molecule has 0 radical (unpaired) electrons. The summed E-state index contributed by atoms with van der Waals surface area (Å²) in [5, 5.41) is 0. The number of nitrogens with zero attached hydrogens (tertiary/aromatic N) is 2. The molecular formula is C12H14FN3OS. The van der Waals surface area contributed by atoms with Crippen LogP contribution in [0.15, 0.2) is 17.8 Å². The Hall–Kier alpha value is -1.53. The van der Waals surface area contributed by atoms with Gasteiger partial charge in [-0.15, -0.1) is 11.3 Å². The van der Waals surface area contributed by atoms with E-state index in [0.29, 0.717) is 18.1 Å². The molecule has 4 nitrogen and oxygen atoms in total. The average molecular weight is 267 g/mol. The first-order valence-electron chi connectivity index (χ1n) is 5.57. The van der Waals surface area contributed by atoms with Crippen molar-refractivity contribution in [3.8, 4) is 5.88 Å². The normalized spacial score (nSPS) is 10.6. The van der Waals surface area contributed by atoms with Gasteiger partial charge >= 0.3 is 0 Å². The molecule has 2 N–H and O–H groups in total. The third kappa shape index (κ3) is 3.02. The van der Waals surface area contributed by atoms with Gasteiger partial charge in [0.05, 0.1) is 24.0 Å². The van der Waals surface area contributed by atoms with Crippen molar-refractivity contribution in [2.24, 2.45) is 5.73 Å². The van der Waals surface area contributed by atoms with Gasteiger partial charge in [-0.3, -0.25) is 0 Å². The largest absolute Gasteiger partial charge is 0.477 e. The molecule has 0 aromatic carbocycles. The molecule has 0 spiro atoms. The molecule has 18 heavy (non-hydrogen) atoms. The lowest BCUT2D eigenvalue weighted by Crippen LogP contribution is -2.07. The van der Waals surface area contributed by atoms with Crippen LogP contribution in [0.5, 0.6) is 5.88 Å². The Bertz CT molecular complexity index is 530. The maximum atomic E-state index is 13.0. The molecule has 0 amide bonds. The van der Waals surface area contributed by atoms with Crippen molar-refractivity contribution in [3.05, 3.63) is 39.7 Å². The quantitative estimate of drug-likeness (QED) is 0.900. The Labute approximate surface area is 109 Å². The van der Waals surface area contributed by atoms with E-state index in [1.165, 1.54) is 10.9 Å². The van der Waals surface area contributed by atoms with Crippen LogP contribution in [-0.4, -0.2) is 16.6 Å². The van der Waals surface area contributed by atoms with E-state index in [1.807, 2.05) is 12.4 Å². The topological polar surface area (TPSA) is 61.0 Å². The second-order valence-electron chi connectivity index (χ2n) is 3.78. The molecule has 2 aromatic rings. The molecule has 0 aliphatic heterocycles. The fourth-order valence-electron chi connectivity index (χ4n) is 1.55. The van der Waals surface area contributed by atoms with Crippen LogP contribution in [-0.2, 0) is 13.0 Å². The smallest absolute Gasteiger partial charge is 0.218 e. The monoisotopic (exact) mass is 267 g/mol. The van der Waals surface area contributed by atoms with E-state index in [2.05, 4.69) is 9.97 Å². The lowest BCUT2D eigenvalue weighted by Gasteiger charge is -2.08. The highest BCUT2D eigenvalue weighted by atomic mass is 32.1. The first-order chi connectivity index (χ1) is 8.70. The van der Waals surface area contributed by atoms with Gasteiger partial charge in [0.25, 0.3) is 0 Å². The fraction of sp³-hybridized carbons (Fsp3) is 0.333. The maximum Gasteiger partial charge on any atom is 0.218 e. The molecule has 0 aliphatic rings. The Balaban J connectivity index is 1.96. The maximum absolute atomic E-state index is 13.0. The standard InChI is InChI=1S/C12H14FN3OS/c1-8-11(18-7-16-8)2-3-17-12-9(5-14)4-10(13)6-15-12/h4,6-7H,2-3,5,14H2,1H3. The average Bonchev–Trinajstić information content (AvgIpc) is 2.77. The van der Waals surface area contributed by atoms with E-state index in [-0.39, 0.29) is 6.54 Å². The van der Waals surface area contributed by atoms with E-state index < -0.39 is 5.82 Å². The molecule has 2 rings (SSSR count). The van der Waals surface area contributed by atoms with Gasteiger partial charge in [-0.05, 0) is 13.0 Å². The van der Waals surface area contributed by atoms with Crippen LogP contribution in [0.1, 0.15) is 16.1 Å². The van der Waals surface area contributed by atoms with Crippen LogP contribution in [0.25, 0.3) is 0 Å². The molecule has 0 bridgehead atoms. The number of aromatic nitrogens is 2. The minimum absolute atomic E-state index is 0.208. The number of pyridine rings is 1. The number of ether oxygens (including phenoxy) is 1. The summed E-state index contributed by atoms with van der Waals surface area (Å²) in [6.45, 7) is 2.65. The third-order valence-corrected chi connectivity index (χ3v) is 3.52. The number of halogens is 1. The van der Waals surface area contributed by atoms with Crippen LogP contribution in [0.2, 0.25) is 0 Å². The zero-order chi connectivity index (χ0) is 13.0. The van der Waals surface area contributed by atoms with Crippen molar-refractivity contribution in [1.29, 1.82) is 0 Å². The summed E-state index contributed by atoms with van der Waals surface area (Å²) in [6, 6.07) is 1.35. The number of rotatable bonds is 5. The molecule has 2 heterocycles. The second kappa shape index (κ2) is 5.88. The van der Waals surface area contributed by atoms with Crippen molar-refractivity contribution >= 4 is 11.3 Å². The fourth-order valence-corrected chi connectivity index (χ4v) is 2.31. The summed E-state index contributed by atoms with van der Waals surface area (Å²) < 4.78 is 18.5. The number of hydrogen-bond donors (Lipinski definition) is 1. The number of nitrogens with two attached hydrogens (primary N) is 1. The van der Waals surface area contributed by atoms with E-state index in [4.69, 9.17) is 10.5 Å². The Morgan fingerprint density at radius 3 is 2.94 bits per heavy atom. The van der Waals surface area contributed by atoms with Gasteiger partial charge in [-0.1, -0.05) is 0 Å². The Morgan fingerprint density at radius 2 is 2.28 bits per heavy atom. The molecule has 0 fully saturated rings. The van der Waals surface area contributed by atoms with Crippen molar-refractivity contribution in [1.82, 2.24) is 9.97 Å². The van der Waals surface area contributed by atoms with Crippen molar-refractivity contribution in [2.45, 2.75) is 19.9 Å². The van der Waals surface area contributed by atoms with Crippen LogP contribution in [0.3, 0.4) is 0 Å². The summed E-state index contributed by atoms with van der Waals surface area (Å²) in [4.78, 5) is 9.25. The molecule has 6 heteroatoms. The van der Waals surface area contributed by atoms with Gasteiger partial charge in [-0.2, -0.15) is 0 Å². The number of thiazole rings is 1. The zero-order valence-corrected chi connectivity index (χ0v) is 10.8. The molecule has 0 aliphatic carbocycles. The third-order valence-electron chi connectivity index (χ3n) is 2.52. The first kappa shape index (κ1) is 12.9. The van der Waals surface area contributed by atoms with Crippen molar-refractivity contribution in [2.75, 3.05) is 6.61 Å². The predicted octanol–water partition coefficient (Wildman–Crippen LogP) is 2.07. The van der Waals surface area contributed by atoms with Crippen LogP contribution in [0, 0.1) is 12.7 Å². The van der Waals surface area contributed by atoms with E-state index >= 15 is 0 Å². The highest BCUT2D eigenvalue weighted by Crippen LogP contribution is 2.17. The summed E-state index contributed by atoms with van der Waals surface area (Å²) in [7, 11) is 0. The molecular weight excluding hydrogens is 253 g/mol. The van der Waals surface area contributed by atoms with Gasteiger partial charge in [0, 0.05) is 23.4 Å². The van der Waals surface area contributed by atoms with Crippen LogP contribution >= 0.6 is 11.3 Å². The van der Waals surface area contributed by atoms with Crippen molar-refractivity contribution in [3.63, 3.8) is 0 Å². The lowest BCUT2D eigenvalue weighted by molar-refractivity contribution is 0.305. The van der Waals surface area contributed by atoms with E-state index in [0.717, 1.165) is 18.3 Å². The molecule has 2 aromatic heterocycles. The lowest BCUT2D eigenvalue weighted by atomic mass is 10.2. The summed E-state index contributed by atoms with van der Waals surface area (Å²) >= 11 is 1.60. The van der Waals surface area contributed by atoms with Gasteiger partial charge in [0.1, 0.15) is 5.82 Å². The van der Waals surface area contributed by atoms with Crippen LogP contribution < -0.4 is 10.5 Å². The highest BCUT2D eigenvalue weighted by Gasteiger charge is 2.07. The zero-order valence-electron chi connectivity index (χ0n) is 10.0. The SMILES string of the molecule is Cc1ncsc1CCOc1ncc(F)cc1CN. The summed E-state index contributed by atoms with van der Waals surface area (Å²) in [6.07, 6.45) is 1.89. The molecule has 0 saturated heterocycles. The molecule has 0 saturated carbocycles. The number of hydrogen-bond acceptors (Lipinski definition) is 5. The van der Waals surface area contributed by atoms with Crippen molar-refractivity contribution < 1.29 is 9.13 Å². The highest BCUT2D eigenvalue weighted by molar-refractivity contribution is 7.09. The van der Waals surface area contributed by atoms with Gasteiger partial charge < -0.3 is 10.5 Å². The minimum atomic E-state index is -0.402. The predicted molar refractivity (Wildman–Crippen MR) is 68.1 cm³/mol. The van der Waals surface area contributed by atoms with Gasteiger partial charge in [0.15, 0.2) is 0 Å². The molecule has 0 unspecified atom stereocenters. The molecule has 0 atom stereocenters.